The molecule has 2 N–H and O–H groups in total. The van der Waals surface area contributed by atoms with E-state index in [0.29, 0.717) is 24.3 Å². The maximum Gasteiger partial charge on any atom is 0.251 e. The molecule has 6 rings (SSSR count). The number of benzene rings is 4. The summed E-state index contributed by atoms with van der Waals surface area (Å²) in [5, 5.41) is 21.6. The SMILES string of the molecule is Cn1cnnc1SC[C@@H]1C[C@H](c2ccc(CO)cc2)O[C@H](c2cccc(-c3cccc(CNC(=O)c4ccccc4)c3)c2)O1. The molecule has 9 heteroatoms. The number of rotatable bonds is 10. The minimum atomic E-state index is -0.565. The van der Waals surface area contributed by atoms with Crippen LogP contribution in [0.1, 0.15) is 51.4 Å². The van der Waals surface area contributed by atoms with Crippen molar-refractivity contribution in [1.29, 1.82) is 0 Å². The monoisotopic (exact) mass is 606 g/mol. The van der Waals surface area contributed by atoms with E-state index in [1.807, 2.05) is 78.3 Å². The Labute approximate surface area is 261 Å². The Balaban J connectivity index is 1.20. The Morgan fingerprint density at radius 3 is 2.43 bits per heavy atom. The van der Waals surface area contributed by atoms with Crippen molar-refractivity contribution in [1.82, 2.24) is 20.1 Å². The van der Waals surface area contributed by atoms with Gasteiger partial charge in [-0.05, 0) is 52.1 Å². The van der Waals surface area contributed by atoms with E-state index < -0.39 is 6.29 Å². The number of nitrogens with zero attached hydrogens (tertiary/aromatic N) is 3. The van der Waals surface area contributed by atoms with Crippen LogP contribution in [0.4, 0.5) is 0 Å². The van der Waals surface area contributed by atoms with Crippen molar-refractivity contribution in [3.63, 3.8) is 0 Å². The standard InChI is InChI=1S/C35H34N4O4S/c1-39-23-37-38-35(39)44-22-31-19-32(26-15-13-24(21-40)14-16-26)43-34(42-31)30-12-6-11-29(18-30)28-10-5-7-25(17-28)20-36-33(41)27-8-3-2-4-9-27/h2-18,23,31-32,34,40H,19-22H2,1H3,(H,36,41)/t31-,32+,34+/m0/s1. The third-order valence-electron chi connectivity index (χ3n) is 7.59. The molecule has 5 aromatic rings. The lowest BCUT2D eigenvalue weighted by Crippen LogP contribution is -2.31. The fourth-order valence-electron chi connectivity index (χ4n) is 5.19. The molecule has 0 unspecified atom stereocenters. The van der Waals surface area contributed by atoms with Crippen LogP contribution in [0.15, 0.2) is 115 Å². The molecule has 8 nitrogen and oxygen atoms in total. The topological polar surface area (TPSA) is 98.5 Å². The first-order valence-electron chi connectivity index (χ1n) is 14.6. The minimum absolute atomic E-state index is 0.00188. The zero-order chi connectivity index (χ0) is 30.3. The van der Waals surface area contributed by atoms with Gasteiger partial charge < -0.3 is 24.5 Å². The van der Waals surface area contributed by atoms with Crippen molar-refractivity contribution < 1.29 is 19.4 Å². The molecular formula is C35H34N4O4S. The number of amides is 1. The van der Waals surface area contributed by atoms with Crippen LogP contribution < -0.4 is 5.32 Å². The van der Waals surface area contributed by atoms with Crippen LogP contribution in [-0.4, -0.2) is 37.6 Å². The summed E-state index contributed by atoms with van der Waals surface area (Å²) < 4.78 is 15.0. The number of nitrogens with one attached hydrogen (secondary N) is 1. The van der Waals surface area contributed by atoms with E-state index in [2.05, 4.69) is 39.8 Å². The van der Waals surface area contributed by atoms with Gasteiger partial charge >= 0.3 is 0 Å². The molecule has 44 heavy (non-hydrogen) atoms. The van der Waals surface area contributed by atoms with Gasteiger partial charge in [-0.1, -0.05) is 90.6 Å². The van der Waals surface area contributed by atoms with Gasteiger partial charge in [0.05, 0.1) is 18.8 Å². The van der Waals surface area contributed by atoms with E-state index >= 15 is 0 Å². The van der Waals surface area contributed by atoms with E-state index in [0.717, 1.165) is 38.5 Å². The Morgan fingerprint density at radius 2 is 1.68 bits per heavy atom. The van der Waals surface area contributed by atoms with Crippen molar-refractivity contribution in [2.24, 2.45) is 7.05 Å². The predicted molar refractivity (Wildman–Crippen MR) is 170 cm³/mol. The Morgan fingerprint density at radius 1 is 0.909 bits per heavy atom. The molecule has 1 saturated heterocycles. The number of hydrogen-bond donors (Lipinski definition) is 2. The molecule has 1 aliphatic heterocycles. The molecule has 1 aliphatic rings. The summed E-state index contributed by atoms with van der Waals surface area (Å²) in [7, 11) is 1.93. The fraction of sp³-hybridized carbons (Fsp3) is 0.229. The molecule has 0 saturated carbocycles. The number of hydrogen-bond acceptors (Lipinski definition) is 7. The van der Waals surface area contributed by atoms with Crippen LogP contribution in [0.25, 0.3) is 11.1 Å². The second-order valence-corrected chi connectivity index (χ2v) is 11.7. The van der Waals surface area contributed by atoms with Gasteiger partial charge in [-0.2, -0.15) is 0 Å². The zero-order valence-electron chi connectivity index (χ0n) is 24.4. The number of aryl methyl sites for hydroxylation is 1. The van der Waals surface area contributed by atoms with Crippen LogP contribution in [-0.2, 0) is 29.7 Å². The number of ether oxygens (including phenoxy) is 2. The van der Waals surface area contributed by atoms with Crippen molar-refractivity contribution in [2.75, 3.05) is 5.75 Å². The summed E-state index contributed by atoms with van der Waals surface area (Å²) in [6.07, 6.45) is 1.56. The first kappa shape index (κ1) is 29.8. The van der Waals surface area contributed by atoms with E-state index in [9.17, 15) is 9.90 Å². The van der Waals surface area contributed by atoms with Gasteiger partial charge in [0.1, 0.15) is 6.33 Å². The van der Waals surface area contributed by atoms with Crippen LogP contribution >= 0.6 is 11.8 Å². The fourth-order valence-corrected chi connectivity index (χ4v) is 6.10. The smallest absolute Gasteiger partial charge is 0.251 e. The van der Waals surface area contributed by atoms with Crippen molar-refractivity contribution in [3.8, 4) is 11.1 Å². The lowest BCUT2D eigenvalue weighted by molar-refractivity contribution is -0.245. The molecule has 224 valence electrons. The maximum absolute atomic E-state index is 12.6. The van der Waals surface area contributed by atoms with E-state index in [4.69, 9.17) is 9.47 Å². The van der Waals surface area contributed by atoms with Gasteiger partial charge in [0.25, 0.3) is 5.91 Å². The Hall–Kier alpha value is -4.28. The predicted octanol–water partition coefficient (Wildman–Crippen LogP) is 6.24. The summed E-state index contributed by atoms with van der Waals surface area (Å²) in [6, 6.07) is 33.5. The van der Waals surface area contributed by atoms with E-state index in [1.54, 1.807) is 30.2 Å². The van der Waals surface area contributed by atoms with Crippen molar-refractivity contribution in [2.45, 2.75) is 43.2 Å². The third-order valence-corrected chi connectivity index (χ3v) is 8.76. The average Bonchev–Trinajstić information content (AvgIpc) is 3.51. The number of aliphatic hydroxyl groups is 1. The van der Waals surface area contributed by atoms with Crippen LogP contribution in [0.3, 0.4) is 0 Å². The largest absolute Gasteiger partial charge is 0.392 e. The number of aromatic nitrogens is 3. The number of thioether (sulfide) groups is 1. The molecule has 3 atom stereocenters. The molecule has 4 aromatic carbocycles. The number of carbonyl (C=O) groups excluding carboxylic acids is 1. The van der Waals surface area contributed by atoms with E-state index in [1.165, 1.54) is 0 Å². The lowest BCUT2D eigenvalue weighted by atomic mass is 9.99. The van der Waals surface area contributed by atoms with Crippen LogP contribution in [0.5, 0.6) is 0 Å². The molecular weight excluding hydrogens is 572 g/mol. The summed E-state index contributed by atoms with van der Waals surface area (Å²) >= 11 is 1.61. The average molecular weight is 607 g/mol. The molecule has 1 aromatic heterocycles. The van der Waals surface area contributed by atoms with Crippen molar-refractivity contribution in [3.05, 3.63) is 137 Å². The minimum Gasteiger partial charge on any atom is -0.392 e. The van der Waals surface area contributed by atoms with Gasteiger partial charge in [0.15, 0.2) is 11.4 Å². The van der Waals surface area contributed by atoms with Gasteiger partial charge in [0, 0.05) is 36.9 Å². The molecule has 0 aliphatic carbocycles. The second-order valence-electron chi connectivity index (χ2n) is 10.8. The quantitative estimate of drug-likeness (QED) is 0.182. The second kappa shape index (κ2) is 14.0. The Bertz CT molecular complexity index is 1690. The maximum atomic E-state index is 12.6. The van der Waals surface area contributed by atoms with Crippen LogP contribution in [0, 0.1) is 0 Å². The van der Waals surface area contributed by atoms with Gasteiger partial charge in [0.2, 0.25) is 0 Å². The number of carbonyl (C=O) groups is 1. The van der Waals surface area contributed by atoms with Crippen LogP contribution in [0.2, 0.25) is 0 Å². The summed E-state index contributed by atoms with van der Waals surface area (Å²) in [5.41, 5.74) is 6.56. The molecule has 1 fully saturated rings. The van der Waals surface area contributed by atoms with Crippen molar-refractivity contribution >= 4 is 17.7 Å². The normalized spacial score (nSPS) is 18.2. The first-order valence-corrected chi connectivity index (χ1v) is 15.5. The first-order chi connectivity index (χ1) is 21.6. The highest BCUT2D eigenvalue weighted by atomic mass is 32.2. The van der Waals surface area contributed by atoms with E-state index in [-0.39, 0.29) is 24.7 Å². The highest BCUT2D eigenvalue weighted by molar-refractivity contribution is 7.99. The molecule has 1 amide bonds. The highest BCUT2D eigenvalue weighted by Gasteiger charge is 2.32. The molecule has 2 heterocycles. The Kier molecular flexibility index (Phi) is 9.48. The third kappa shape index (κ3) is 7.26. The van der Waals surface area contributed by atoms with Gasteiger partial charge in [-0.3, -0.25) is 4.79 Å². The zero-order valence-corrected chi connectivity index (χ0v) is 25.2. The lowest BCUT2D eigenvalue weighted by Gasteiger charge is -2.36. The van der Waals surface area contributed by atoms with Gasteiger partial charge in [-0.15, -0.1) is 10.2 Å². The summed E-state index contributed by atoms with van der Waals surface area (Å²) in [6.45, 7) is 0.430. The molecule has 0 bridgehead atoms. The highest BCUT2D eigenvalue weighted by Crippen LogP contribution is 2.40. The summed E-state index contributed by atoms with van der Waals surface area (Å²) in [4.78, 5) is 12.6. The molecule has 0 radical (unpaired) electrons. The molecule has 0 spiro atoms. The summed E-state index contributed by atoms with van der Waals surface area (Å²) in [5.74, 6) is 0.602. The number of aliphatic hydroxyl groups excluding tert-OH is 1. The van der Waals surface area contributed by atoms with Gasteiger partial charge in [-0.25, -0.2) is 0 Å².